The van der Waals surface area contributed by atoms with Gasteiger partial charge in [-0.15, -0.1) is 0 Å². The molecule has 0 saturated heterocycles. The Bertz CT molecular complexity index is 978. The summed E-state index contributed by atoms with van der Waals surface area (Å²) in [5, 5.41) is 2.95. The first-order valence-electron chi connectivity index (χ1n) is 11.0. The van der Waals surface area contributed by atoms with Gasteiger partial charge in [0.1, 0.15) is 5.75 Å². The van der Waals surface area contributed by atoms with Gasteiger partial charge >= 0.3 is 0 Å². The molecule has 156 valence electrons. The average Bonchev–Trinajstić information content (AvgIpc) is 3.65. The van der Waals surface area contributed by atoms with Crippen molar-refractivity contribution in [1.82, 2.24) is 10.2 Å². The number of nitrogens with one attached hydrogen (secondary N) is 1. The molecule has 2 saturated carbocycles. The second-order valence-corrected chi connectivity index (χ2v) is 8.86. The van der Waals surface area contributed by atoms with Gasteiger partial charge in [-0.25, -0.2) is 0 Å². The number of carbonyl (C=O) groups excluding carboxylic acids is 2. The number of aryl methyl sites for hydroxylation is 1. The van der Waals surface area contributed by atoms with Crippen LogP contribution < -0.4 is 10.1 Å². The van der Waals surface area contributed by atoms with Gasteiger partial charge < -0.3 is 15.0 Å². The van der Waals surface area contributed by atoms with Crippen LogP contribution in [0.5, 0.6) is 5.75 Å². The SMILES string of the molecule is Cc1cccc(C2c3cc(OCC(=O)NC4CC4)ccc3CCN2C(=O)C2CC2)c1. The fourth-order valence-electron chi connectivity index (χ4n) is 4.33. The molecule has 5 rings (SSSR count). The quantitative estimate of drug-likeness (QED) is 0.801. The van der Waals surface area contributed by atoms with Gasteiger partial charge in [0.25, 0.3) is 5.91 Å². The molecule has 2 aliphatic carbocycles. The number of hydrogen-bond donors (Lipinski definition) is 1. The number of hydrogen-bond acceptors (Lipinski definition) is 3. The maximum absolute atomic E-state index is 13.1. The van der Waals surface area contributed by atoms with Gasteiger partial charge in [0.2, 0.25) is 5.91 Å². The van der Waals surface area contributed by atoms with Gasteiger partial charge in [0.15, 0.2) is 6.61 Å². The van der Waals surface area contributed by atoms with Gasteiger partial charge in [-0.3, -0.25) is 9.59 Å². The lowest BCUT2D eigenvalue weighted by Crippen LogP contribution is -2.41. The highest BCUT2D eigenvalue weighted by atomic mass is 16.5. The van der Waals surface area contributed by atoms with Gasteiger partial charge in [0, 0.05) is 18.5 Å². The third-order valence-electron chi connectivity index (χ3n) is 6.23. The molecule has 5 nitrogen and oxygen atoms in total. The van der Waals surface area contributed by atoms with E-state index in [1.165, 1.54) is 11.1 Å². The van der Waals surface area contributed by atoms with E-state index >= 15 is 0 Å². The van der Waals surface area contributed by atoms with Gasteiger partial charge in [0.05, 0.1) is 6.04 Å². The van der Waals surface area contributed by atoms with Crippen LogP contribution in [0.2, 0.25) is 0 Å². The molecule has 0 spiro atoms. The van der Waals surface area contributed by atoms with E-state index in [4.69, 9.17) is 4.74 Å². The number of benzene rings is 2. The zero-order valence-corrected chi connectivity index (χ0v) is 17.4. The summed E-state index contributed by atoms with van der Waals surface area (Å²) in [5.41, 5.74) is 4.67. The molecular formula is C25H28N2O3. The van der Waals surface area contributed by atoms with E-state index < -0.39 is 0 Å². The second-order valence-electron chi connectivity index (χ2n) is 8.86. The summed E-state index contributed by atoms with van der Waals surface area (Å²) in [6.07, 6.45) is 4.98. The molecule has 2 amide bonds. The lowest BCUT2D eigenvalue weighted by atomic mass is 9.87. The van der Waals surface area contributed by atoms with Crippen LogP contribution in [0.4, 0.5) is 0 Å². The van der Waals surface area contributed by atoms with E-state index in [1.54, 1.807) is 0 Å². The third kappa shape index (κ3) is 4.07. The highest BCUT2D eigenvalue weighted by Gasteiger charge is 2.39. The van der Waals surface area contributed by atoms with Crippen LogP contribution in [0.25, 0.3) is 0 Å². The molecule has 1 aliphatic heterocycles. The van der Waals surface area contributed by atoms with Crippen LogP contribution in [0, 0.1) is 12.8 Å². The molecule has 5 heteroatoms. The van der Waals surface area contributed by atoms with Crippen LogP contribution in [0.15, 0.2) is 42.5 Å². The molecule has 1 atom stereocenters. The smallest absolute Gasteiger partial charge is 0.258 e. The minimum absolute atomic E-state index is 0.0229. The molecule has 0 bridgehead atoms. The minimum Gasteiger partial charge on any atom is -0.484 e. The lowest BCUT2D eigenvalue weighted by molar-refractivity contribution is -0.134. The zero-order chi connectivity index (χ0) is 20.7. The first kappa shape index (κ1) is 19.2. The standard InChI is InChI=1S/C25H28N2O3/c1-16-3-2-4-19(13-16)24-22-14-21(30-15-23(28)26-20-8-9-20)10-7-17(22)11-12-27(24)25(29)18-5-6-18/h2-4,7,10,13-14,18,20,24H,5-6,8-9,11-12,15H2,1H3,(H,26,28). The van der Waals surface area contributed by atoms with E-state index in [1.807, 2.05) is 12.1 Å². The van der Waals surface area contributed by atoms with Crippen molar-refractivity contribution in [2.24, 2.45) is 5.92 Å². The van der Waals surface area contributed by atoms with Crippen LogP contribution in [-0.4, -0.2) is 35.9 Å². The largest absolute Gasteiger partial charge is 0.484 e. The number of rotatable bonds is 6. The number of ether oxygens (including phenoxy) is 1. The van der Waals surface area contributed by atoms with Gasteiger partial charge in [-0.1, -0.05) is 35.9 Å². The molecule has 0 aromatic heterocycles. The molecule has 2 aromatic rings. The molecule has 30 heavy (non-hydrogen) atoms. The highest BCUT2D eigenvalue weighted by molar-refractivity contribution is 5.82. The van der Waals surface area contributed by atoms with Crippen molar-refractivity contribution >= 4 is 11.8 Å². The predicted molar refractivity (Wildman–Crippen MR) is 114 cm³/mol. The highest BCUT2D eigenvalue weighted by Crippen LogP contribution is 2.41. The van der Waals surface area contributed by atoms with Crippen molar-refractivity contribution in [2.45, 2.75) is 51.1 Å². The summed E-state index contributed by atoms with van der Waals surface area (Å²) in [5.74, 6) is 1.06. The first-order chi connectivity index (χ1) is 14.6. The van der Waals surface area contributed by atoms with Crippen molar-refractivity contribution < 1.29 is 14.3 Å². The number of fused-ring (bicyclic) bond motifs is 1. The Morgan fingerprint density at radius 1 is 1.10 bits per heavy atom. The maximum Gasteiger partial charge on any atom is 0.258 e. The summed E-state index contributed by atoms with van der Waals surface area (Å²) in [4.78, 5) is 27.2. The monoisotopic (exact) mass is 404 g/mol. The van der Waals surface area contributed by atoms with Crippen molar-refractivity contribution in [2.75, 3.05) is 13.2 Å². The maximum atomic E-state index is 13.1. The molecule has 3 aliphatic rings. The molecule has 0 radical (unpaired) electrons. The predicted octanol–water partition coefficient (Wildman–Crippen LogP) is 3.54. The molecule has 2 fully saturated rings. The van der Waals surface area contributed by atoms with E-state index in [0.717, 1.165) is 49.8 Å². The van der Waals surface area contributed by atoms with Gasteiger partial charge in [-0.2, -0.15) is 0 Å². The lowest BCUT2D eigenvalue weighted by Gasteiger charge is -2.38. The molecular weight excluding hydrogens is 376 g/mol. The zero-order valence-electron chi connectivity index (χ0n) is 17.4. The van der Waals surface area contributed by atoms with E-state index in [2.05, 4.69) is 47.5 Å². The van der Waals surface area contributed by atoms with Crippen molar-refractivity contribution in [3.8, 4) is 5.75 Å². The number of amides is 2. The fourth-order valence-corrected chi connectivity index (χ4v) is 4.33. The van der Waals surface area contributed by atoms with E-state index in [-0.39, 0.29) is 30.4 Å². The van der Waals surface area contributed by atoms with Crippen LogP contribution in [0.1, 0.15) is 54.0 Å². The normalized spacial score (nSPS) is 20.4. The van der Waals surface area contributed by atoms with Crippen LogP contribution >= 0.6 is 0 Å². The summed E-state index contributed by atoms with van der Waals surface area (Å²) in [6, 6.07) is 14.7. The topological polar surface area (TPSA) is 58.6 Å². The Morgan fingerprint density at radius 3 is 2.67 bits per heavy atom. The summed E-state index contributed by atoms with van der Waals surface area (Å²) in [7, 11) is 0. The average molecular weight is 405 g/mol. The Labute approximate surface area is 177 Å². The molecule has 1 heterocycles. The van der Waals surface area contributed by atoms with Crippen molar-refractivity contribution in [3.05, 3.63) is 64.7 Å². The summed E-state index contributed by atoms with van der Waals surface area (Å²) in [6.45, 7) is 2.85. The Kier molecular flexibility index (Phi) is 4.97. The number of carbonyl (C=O) groups is 2. The molecule has 1 N–H and O–H groups in total. The van der Waals surface area contributed by atoms with Crippen LogP contribution in [-0.2, 0) is 16.0 Å². The number of nitrogens with zero attached hydrogens (tertiary/aromatic N) is 1. The first-order valence-corrected chi connectivity index (χ1v) is 11.0. The minimum atomic E-state index is -0.106. The third-order valence-corrected chi connectivity index (χ3v) is 6.23. The Hall–Kier alpha value is -2.82. The summed E-state index contributed by atoms with van der Waals surface area (Å²) < 4.78 is 5.81. The van der Waals surface area contributed by atoms with E-state index in [9.17, 15) is 9.59 Å². The van der Waals surface area contributed by atoms with Crippen LogP contribution in [0.3, 0.4) is 0 Å². The summed E-state index contributed by atoms with van der Waals surface area (Å²) >= 11 is 0. The fraction of sp³-hybridized carbons (Fsp3) is 0.440. The van der Waals surface area contributed by atoms with Crippen molar-refractivity contribution in [3.63, 3.8) is 0 Å². The molecule has 1 unspecified atom stereocenters. The van der Waals surface area contributed by atoms with Gasteiger partial charge in [-0.05, 0) is 67.9 Å². The Balaban J connectivity index is 1.44. The molecule has 2 aromatic carbocycles. The Morgan fingerprint density at radius 2 is 1.93 bits per heavy atom. The van der Waals surface area contributed by atoms with E-state index in [0.29, 0.717) is 11.8 Å². The van der Waals surface area contributed by atoms with Crippen molar-refractivity contribution in [1.29, 1.82) is 0 Å². The second kappa shape index (κ2) is 7.78.